The largest absolute Gasteiger partial charge is 0.461 e. The van der Waals surface area contributed by atoms with Crippen LogP contribution in [0.2, 0.25) is 0 Å². The highest BCUT2D eigenvalue weighted by Gasteiger charge is 2.19. The van der Waals surface area contributed by atoms with E-state index in [0.29, 0.717) is 12.6 Å². The number of piperidine rings is 1. The predicted molar refractivity (Wildman–Crippen MR) is 106 cm³/mol. The van der Waals surface area contributed by atoms with Crippen LogP contribution in [-0.2, 0) is 6.54 Å². The Labute approximate surface area is 164 Å². The van der Waals surface area contributed by atoms with Gasteiger partial charge in [-0.1, -0.05) is 24.3 Å². The summed E-state index contributed by atoms with van der Waals surface area (Å²) in [6.45, 7) is 2.56. The zero-order valence-corrected chi connectivity index (χ0v) is 15.9. The lowest BCUT2D eigenvalue weighted by atomic mass is 10.1. The number of nitrogens with one attached hydrogen (secondary N) is 1. The molecule has 0 aliphatic carbocycles. The molecule has 0 unspecified atom stereocenters. The summed E-state index contributed by atoms with van der Waals surface area (Å²) >= 11 is 0. The number of nitrogens with zero attached hydrogens (tertiary/aromatic N) is 2. The topological polar surface area (TPSA) is 39.1 Å². The molecule has 0 spiro atoms. The van der Waals surface area contributed by atoms with E-state index in [1.807, 2.05) is 24.3 Å². The van der Waals surface area contributed by atoms with E-state index in [4.69, 9.17) is 4.74 Å². The molecule has 2 aromatic carbocycles. The van der Waals surface area contributed by atoms with Gasteiger partial charge in [0.05, 0.1) is 17.6 Å². The number of ether oxygens (including phenoxy) is 1. The molecule has 1 aliphatic rings. The van der Waals surface area contributed by atoms with Gasteiger partial charge in [-0.2, -0.15) is 4.98 Å². The van der Waals surface area contributed by atoms with Gasteiger partial charge in [0.2, 0.25) is 0 Å². The minimum atomic E-state index is -0.222. The van der Waals surface area contributed by atoms with E-state index in [9.17, 15) is 4.39 Å². The van der Waals surface area contributed by atoms with Crippen molar-refractivity contribution in [3.63, 3.8) is 0 Å². The Balaban J connectivity index is 0.00000121. The van der Waals surface area contributed by atoms with Gasteiger partial charge in [-0.05, 0) is 55.8 Å². The minimum Gasteiger partial charge on any atom is -0.461 e. The van der Waals surface area contributed by atoms with Gasteiger partial charge in [0.25, 0.3) is 6.01 Å². The highest BCUT2D eigenvalue weighted by Crippen LogP contribution is 2.25. The summed E-state index contributed by atoms with van der Waals surface area (Å²) in [4.78, 5) is 4.67. The van der Waals surface area contributed by atoms with Crippen LogP contribution in [0.15, 0.2) is 48.5 Å². The Morgan fingerprint density at radius 3 is 2.46 bits per heavy atom. The van der Waals surface area contributed by atoms with Gasteiger partial charge in [0, 0.05) is 0 Å². The molecule has 4 rings (SSSR count). The number of halogens is 3. The third-order valence-corrected chi connectivity index (χ3v) is 4.43. The molecule has 0 amide bonds. The molecule has 1 fully saturated rings. The van der Waals surface area contributed by atoms with Gasteiger partial charge in [-0.25, -0.2) is 4.39 Å². The van der Waals surface area contributed by atoms with Crippen LogP contribution in [0.25, 0.3) is 11.0 Å². The minimum absolute atomic E-state index is 0. The SMILES string of the molecule is Cl.Cl.Fc1ccc(Cn2c(OC3CCNCC3)nc3ccccc32)cc1. The molecule has 0 bridgehead atoms. The molecular formula is C19H22Cl2FN3O. The summed E-state index contributed by atoms with van der Waals surface area (Å²) in [5.74, 6) is -0.222. The summed E-state index contributed by atoms with van der Waals surface area (Å²) in [5.41, 5.74) is 2.98. The van der Waals surface area contributed by atoms with Crippen LogP contribution in [0, 0.1) is 5.82 Å². The molecule has 1 N–H and O–H groups in total. The number of aromatic nitrogens is 2. The van der Waals surface area contributed by atoms with Crippen LogP contribution in [-0.4, -0.2) is 28.7 Å². The maximum Gasteiger partial charge on any atom is 0.297 e. The second-order valence-electron chi connectivity index (χ2n) is 6.16. The van der Waals surface area contributed by atoms with Crippen molar-refractivity contribution in [2.24, 2.45) is 0 Å². The number of para-hydroxylation sites is 2. The van der Waals surface area contributed by atoms with E-state index >= 15 is 0 Å². The number of fused-ring (bicyclic) bond motifs is 1. The van der Waals surface area contributed by atoms with Crippen LogP contribution >= 0.6 is 24.8 Å². The van der Waals surface area contributed by atoms with Crippen molar-refractivity contribution in [3.05, 3.63) is 59.9 Å². The number of imidazole rings is 1. The first kappa shape index (κ1) is 20.5. The lowest BCUT2D eigenvalue weighted by Gasteiger charge is -2.23. The Morgan fingerprint density at radius 1 is 1.04 bits per heavy atom. The van der Waals surface area contributed by atoms with Crippen molar-refractivity contribution in [2.75, 3.05) is 13.1 Å². The van der Waals surface area contributed by atoms with Crippen molar-refractivity contribution >= 4 is 35.8 Å². The summed E-state index contributed by atoms with van der Waals surface area (Å²) in [6, 6.07) is 15.2. The third-order valence-electron chi connectivity index (χ3n) is 4.43. The molecular weight excluding hydrogens is 376 g/mol. The fraction of sp³-hybridized carbons (Fsp3) is 0.316. The van der Waals surface area contributed by atoms with Gasteiger partial charge in [0.15, 0.2) is 0 Å². The van der Waals surface area contributed by atoms with E-state index in [2.05, 4.69) is 14.9 Å². The average Bonchev–Trinajstić information content (AvgIpc) is 2.95. The van der Waals surface area contributed by atoms with Gasteiger partial charge in [0.1, 0.15) is 11.9 Å². The van der Waals surface area contributed by atoms with E-state index in [0.717, 1.165) is 42.5 Å². The second-order valence-corrected chi connectivity index (χ2v) is 6.16. The van der Waals surface area contributed by atoms with E-state index in [1.54, 1.807) is 12.1 Å². The smallest absolute Gasteiger partial charge is 0.297 e. The monoisotopic (exact) mass is 397 g/mol. The van der Waals surface area contributed by atoms with Gasteiger partial charge in [-0.3, -0.25) is 4.57 Å². The summed E-state index contributed by atoms with van der Waals surface area (Å²) in [5, 5.41) is 3.34. The van der Waals surface area contributed by atoms with Crippen molar-refractivity contribution in [3.8, 4) is 6.01 Å². The average molecular weight is 398 g/mol. The fourth-order valence-corrected chi connectivity index (χ4v) is 3.13. The van der Waals surface area contributed by atoms with Crippen molar-refractivity contribution < 1.29 is 9.13 Å². The lowest BCUT2D eigenvalue weighted by molar-refractivity contribution is 0.144. The molecule has 1 aliphatic heterocycles. The van der Waals surface area contributed by atoms with Crippen molar-refractivity contribution in [1.82, 2.24) is 14.9 Å². The molecule has 0 radical (unpaired) electrons. The van der Waals surface area contributed by atoms with Crippen molar-refractivity contribution in [1.29, 1.82) is 0 Å². The number of hydrogen-bond donors (Lipinski definition) is 1. The number of hydrogen-bond acceptors (Lipinski definition) is 3. The van der Waals surface area contributed by atoms with Crippen LogP contribution in [0.4, 0.5) is 4.39 Å². The van der Waals surface area contributed by atoms with Gasteiger partial charge < -0.3 is 10.1 Å². The number of rotatable bonds is 4. The first-order valence-corrected chi connectivity index (χ1v) is 8.37. The van der Waals surface area contributed by atoms with Gasteiger partial charge in [-0.15, -0.1) is 24.8 Å². The van der Waals surface area contributed by atoms with E-state index in [-0.39, 0.29) is 36.7 Å². The highest BCUT2D eigenvalue weighted by molar-refractivity contribution is 5.85. The first-order valence-electron chi connectivity index (χ1n) is 8.37. The van der Waals surface area contributed by atoms with Gasteiger partial charge >= 0.3 is 0 Å². The maximum absolute atomic E-state index is 13.2. The van der Waals surface area contributed by atoms with E-state index < -0.39 is 0 Å². The quantitative estimate of drug-likeness (QED) is 0.716. The predicted octanol–water partition coefficient (Wildman–Crippen LogP) is 4.20. The molecule has 4 nitrogen and oxygen atoms in total. The van der Waals surface area contributed by atoms with Crippen LogP contribution < -0.4 is 10.1 Å². The molecule has 0 atom stereocenters. The second kappa shape index (κ2) is 9.21. The summed E-state index contributed by atoms with van der Waals surface area (Å²) in [6.07, 6.45) is 2.16. The summed E-state index contributed by atoms with van der Waals surface area (Å²) in [7, 11) is 0. The molecule has 2 heterocycles. The highest BCUT2D eigenvalue weighted by atomic mass is 35.5. The van der Waals surface area contributed by atoms with Crippen LogP contribution in [0.1, 0.15) is 18.4 Å². The van der Waals surface area contributed by atoms with E-state index in [1.165, 1.54) is 12.1 Å². The molecule has 7 heteroatoms. The molecule has 3 aromatic rings. The maximum atomic E-state index is 13.2. The Kier molecular flexibility index (Phi) is 7.26. The molecule has 26 heavy (non-hydrogen) atoms. The molecule has 1 saturated heterocycles. The third kappa shape index (κ3) is 4.47. The van der Waals surface area contributed by atoms with Crippen molar-refractivity contribution in [2.45, 2.75) is 25.5 Å². The zero-order valence-electron chi connectivity index (χ0n) is 14.2. The fourth-order valence-electron chi connectivity index (χ4n) is 3.13. The van der Waals surface area contributed by atoms with Crippen LogP contribution in [0.3, 0.4) is 0 Å². The van der Waals surface area contributed by atoms with Crippen LogP contribution in [0.5, 0.6) is 6.01 Å². The molecule has 0 saturated carbocycles. The molecule has 140 valence electrons. The normalized spacial score (nSPS) is 14.5. The Bertz CT molecular complexity index is 832. The standard InChI is InChI=1S/C19H20FN3O.2ClH/c20-15-7-5-14(6-8-15)13-23-18-4-2-1-3-17(18)22-19(23)24-16-9-11-21-12-10-16;;/h1-8,16,21H,9-13H2;2*1H. The Hall–Kier alpha value is -1.82. The molecule has 1 aromatic heterocycles. The lowest BCUT2D eigenvalue weighted by Crippen LogP contribution is -2.34. The Morgan fingerprint density at radius 2 is 1.73 bits per heavy atom. The number of benzene rings is 2. The first-order chi connectivity index (χ1) is 11.8. The summed E-state index contributed by atoms with van der Waals surface area (Å²) < 4.78 is 21.4. The zero-order chi connectivity index (χ0) is 16.4.